The molecule has 1 aliphatic carbocycles. The Morgan fingerprint density at radius 1 is 1.20 bits per heavy atom. The molecule has 1 N–H and O–H groups in total. The highest BCUT2D eigenvalue weighted by molar-refractivity contribution is 4.81. The van der Waals surface area contributed by atoms with Crippen molar-refractivity contribution in [3.05, 3.63) is 0 Å². The van der Waals surface area contributed by atoms with Crippen LogP contribution in [0, 0.1) is 5.92 Å². The Bertz CT molecular complexity index is 110. The van der Waals surface area contributed by atoms with Crippen LogP contribution in [-0.2, 0) is 4.74 Å². The maximum Gasteiger partial charge on any atom is 0.155 e. The van der Waals surface area contributed by atoms with E-state index < -0.39 is 6.29 Å². The summed E-state index contributed by atoms with van der Waals surface area (Å²) in [5, 5.41) is 9.14. The molecule has 3 unspecified atom stereocenters. The summed E-state index contributed by atoms with van der Waals surface area (Å²) in [6, 6.07) is 0. The fourth-order valence-electron chi connectivity index (χ4n) is 2.14. The lowest BCUT2D eigenvalue weighted by molar-refractivity contribution is -0.0961. The Balaban J connectivity index is 1.97. The van der Waals surface area contributed by atoms with Gasteiger partial charge in [0.25, 0.3) is 0 Å². The van der Waals surface area contributed by atoms with Gasteiger partial charge in [0.1, 0.15) is 0 Å². The van der Waals surface area contributed by atoms with E-state index in [0.717, 1.165) is 6.42 Å². The second kappa shape index (κ2) is 2.51. The normalized spacial score (nSPS) is 47.1. The molecule has 2 nitrogen and oxygen atoms in total. The monoisotopic (exact) mass is 142 g/mol. The van der Waals surface area contributed by atoms with Gasteiger partial charge in [-0.05, 0) is 18.8 Å². The van der Waals surface area contributed by atoms with Crippen molar-refractivity contribution in [2.45, 2.75) is 44.5 Å². The molecule has 2 heteroatoms. The van der Waals surface area contributed by atoms with Crippen LogP contribution >= 0.6 is 0 Å². The number of hydrogen-bond acceptors (Lipinski definition) is 2. The van der Waals surface area contributed by atoms with Crippen LogP contribution in [0.15, 0.2) is 0 Å². The second-order valence-corrected chi connectivity index (χ2v) is 3.41. The Labute approximate surface area is 61.2 Å². The topological polar surface area (TPSA) is 29.5 Å². The molecule has 58 valence electrons. The third-order valence-corrected chi connectivity index (χ3v) is 2.68. The number of ether oxygens (including phenoxy) is 1. The van der Waals surface area contributed by atoms with Crippen LogP contribution in [0.1, 0.15) is 32.1 Å². The molecule has 1 saturated heterocycles. The van der Waals surface area contributed by atoms with E-state index in [1.165, 1.54) is 25.7 Å². The van der Waals surface area contributed by atoms with Crippen LogP contribution < -0.4 is 0 Å². The first kappa shape index (κ1) is 6.62. The lowest BCUT2D eigenvalue weighted by Gasteiger charge is -2.22. The van der Waals surface area contributed by atoms with Crippen molar-refractivity contribution in [2.24, 2.45) is 5.92 Å². The van der Waals surface area contributed by atoms with E-state index >= 15 is 0 Å². The van der Waals surface area contributed by atoms with Gasteiger partial charge in [0, 0.05) is 6.42 Å². The van der Waals surface area contributed by atoms with Crippen molar-refractivity contribution < 1.29 is 9.84 Å². The van der Waals surface area contributed by atoms with Crippen LogP contribution in [0.3, 0.4) is 0 Å². The number of aliphatic hydroxyl groups is 1. The van der Waals surface area contributed by atoms with E-state index in [9.17, 15) is 0 Å². The van der Waals surface area contributed by atoms with Crippen LogP contribution in [0.25, 0.3) is 0 Å². The van der Waals surface area contributed by atoms with Crippen LogP contribution in [0.5, 0.6) is 0 Å². The summed E-state index contributed by atoms with van der Waals surface area (Å²) in [6.07, 6.45) is 5.87. The minimum Gasteiger partial charge on any atom is -0.368 e. The molecule has 0 bridgehead atoms. The Morgan fingerprint density at radius 3 is 2.80 bits per heavy atom. The fourth-order valence-corrected chi connectivity index (χ4v) is 2.14. The van der Waals surface area contributed by atoms with Gasteiger partial charge >= 0.3 is 0 Å². The third kappa shape index (κ3) is 1.06. The van der Waals surface area contributed by atoms with Gasteiger partial charge in [-0.25, -0.2) is 0 Å². The Hall–Kier alpha value is -0.0800. The van der Waals surface area contributed by atoms with Gasteiger partial charge in [-0.2, -0.15) is 0 Å². The van der Waals surface area contributed by atoms with Crippen molar-refractivity contribution in [1.29, 1.82) is 0 Å². The van der Waals surface area contributed by atoms with Gasteiger partial charge in [-0.1, -0.05) is 12.8 Å². The number of hydrogen-bond donors (Lipinski definition) is 1. The molecule has 2 rings (SSSR count). The highest BCUT2D eigenvalue weighted by atomic mass is 16.6. The summed E-state index contributed by atoms with van der Waals surface area (Å²) >= 11 is 0. The van der Waals surface area contributed by atoms with Gasteiger partial charge in [0.2, 0.25) is 0 Å². The van der Waals surface area contributed by atoms with Crippen LogP contribution in [0.4, 0.5) is 0 Å². The molecule has 2 fully saturated rings. The molecule has 0 amide bonds. The molecule has 0 aromatic heterocycles. The van der Waals surface area contributed by atoms with E-state index in [1.54, 1.807) is 0 Å². The summed E-state index contributed by atoms with van der Waals surface area (Å²) in [6.45, 7) is 0. The minimum atomic E-state index is -0.451. The van der Waals surface area contributed by atoms with Crippen molar-refractivity contribution in [3.63, 3.8) is 0 Å². The summed E-state index contributed by atoms with van der Waals surface area (Å²) in [4.78, 5) is 0. The molecule has 0 radical (unpaired) electrons. The fraction of sp³-hybridized carbons (Fsp3) is 1.00. The van der Waals surface area contributed by atoms with Crippen molar-refractivity contribution in [1.82, 2.24) is 0 Å². The molecule has 0 aromatic carbocycles. The molecule has 3 atom stereocenters. The zero-order valence-corrected chi connectivity index (χ0v) is 6.12. The maximum atomic E-state index is 9.14. The number of aliphatic hydroxyl groups excluding tert-OH is 1. The summed E-state index contributed by atoms with van der Waals surface area (Å²) < 4.78 is 5.32. The molecule has 2 aliphatic rings. The quantitative estimate of drug-likeness (QED) is 0.552. The zero-order chi connectivity index (χ0) is 6.97. The first-order valence-corrected chi connectivity index (χ1v) is 4.20. The van der Waals surface area contributed by atoms with Crippen LogP contribution in [-0.4, -0.2) is 17.5 Å². The Kier molecular flexibility index (Phi) is 1.66. The second-order valence-electron chi connectivity index (χ2n) is 3.41. The average Bonchev–Trinajstić information content (AvgIpc) is 2.27. The highest BCUT2D eigenvalue weighted by Crippen LogP contribution is 2.36. The smallest absolute Gasteiger partial charge is 0.155 e. The minimum absolute atomic E-state index is 0.392. The molecule has 10 heavy (non-hydrogen) atoms. The van der Waals surface area contributed by atoms with Gasteiger partial charge in [0.05, 0.1) is 6.10 Å². The van der Waals surface area contributed by atoms with Gasteiger partial charge in [-0.15, -0.1) is 0 Å². The van der Waals surface area contributed by atoms with E-state index in [0.29, 0.717) is 12.0 Å². The van der Waals surface area contributed by atoms with E-state index in [4.69, 9.17) is 9.84 Å². The van der Waals surface area contributed by atoms with Crippen molar-refractivity contribution in [2.75, 3.05) is 0 Å². The van der Waals surface area contributed by atoms with Gasteiger partial charge in [0.15, 0.2) is 6.29 Å². The standard InChI is InChI=1S/C8H14O2/c9-8-5-6-3-1-2-4-7(6)10-8/h6-9H,1-5H2. The van der Waals surface area contributed by atoms with Crippen molar-refractivity contribution in [3.8, 4) is 0 Å². The average molecular weight is 142 g/mol. The first-order valence-electron chi connectivity index (χ1n) is 4.20. The predicted octanol–water partition coefficient (Wildman–Crippen LogP) is 1.28. The molecule has 0 spiro atoms. The molecule has 1 saturated carbocycles. The Morgan fingerprint density at radius 2 is 2.00 bits per heavy atom. The van der Waals surface area contributed by atoms with Crippen molar-refractivity contribution >= 4 is 0 Å². The molecule has 1 heterocycles. The summed E-state index contributed by atoms with van der Waals surface area (Å²) in [5.41, 5.74) is 0. The molecular weight excluding hydrogens is 128 g/mol. The SMILES string of the molecule is OC1CC2CCCCC2O1. The number of fused-ring (bicyclic) bond motifs is 1. The highest BCUT2D eigenvalue weighted by Gasteiger charge is 2.35. The lowest BCUT2D eigenvalue weighted by atomic mass is 9.86. The first-order chi connectivity index (χ1) is 4.86. The van der Waals surface area contributed by atoms with E-state index in [-0.39, 0.29) is 0 Å². The maximum absolute atomic E-state index is 9.14. The molecule has 0 aromatic rings. The number of rotatable bonds is 0. The van der Waals surface area contributed by atoms with Gasteiger partial charge < -0.3 is 9.84 Å². The summed E-state index contributed by atoms with van der Waals surface area (Å²) in [7, 11) is 0. The molecule has 1 aliphatic heterocycles. The lowest BCUT2D eigenvalue weighted by Crippen LogP contribution is -2.20. The third-order valence-electron chi connectivity index (χ3n) is 2.68. The largest absolute Gasteiger partial charge is 0.368 e. The predicted molar refractivity (Wildman–Crippen MR) is 37.5 cm³/mol. The van der Waals surface area contributed by atoms with E-state index in [1.807, 2.05) is 0 Å². The zero-order valence-electron chi connectivity index (χ0n) is 6.12. The summed E-state index contributed by atoms with van der Waals surface area (Å²) in [5.74, 6) is 0.670. The van der Waals surface area contributed by atoms with Crippen LogP contribution in [0.2, 0.25) is 0 Å². The van der Waals surface area contributed by atoms with E-state index in [2.05, 4.69) is 0 Å². The molecular formula is C8H14O2. The van der Waals surface area contributed by atoms with Gasteiger partial charge in [-0.3, -0.25) is 0 Å².